The van der Waals surface area contributed by atoms with Gasteiger partial charge in [0.2, 0.25) is 10.0 Å². The van der Waals surface area contributed by atoms with E-state index in [1.807, 2.05) is 13.1 Å². The first kappa shape index (κ1) is 15.0. The highest BCUT2D eigenvalue weighted by Gasteiger charge is 2.33. The molecule has 1 unspecified atom stereocenters. The number of hydrogen-bond acceptors (Lipinski definition) is 4. The van der Waals surface area contributed by atoms with Crippen molar-refractivity contribution in [2.75, 3.05) is 20.1 Å². The predicted molar refractivity (Wildman–Crippen MR) is 85.9 cm³/mol. The van der Waals surface area contributed by atoms with Gasteiger partial charge in [-0.25, -0.2) is 8.42 Å². The van der Waals surface area contributed by atoms with Gasteiger partial charge in [-0.1, -0.05) is 18.1 Å². The molecular formula is C16H17N3O2S. The molecule has 114 valence electrons. The van der Waals surface area contributed by atoms with E-state index in [1.165, 1.54) is 10.5 Å². The highest BCUT2D eigenvalue weighted by Crippen LogP contribution is 2.29. The number of hydrogen-bond donors (Lipinski definition) is 1. The number of sulfonamides is 1. The van der Waals surface area contributed by atoms with E-state index in [1.54, 1.807) is 18.3 Å². The molecule has 1 N–H and O–H groups in total. The summed E-state index contributed by atoms with van der Waals surface area (Å²) in [5.41, 5.74) is 0.501. The lowest BCUT2D eigenvalue weighted by Gasteiger charge is -2.18. The summed E-state index contributed by atoms with van der Waals surface area (Å²) in [4.78, 5) is 4.33. The van der Waals surface area contributed by atoms with E-state index in [0.717, 1.165) is 11.8 Å². The standard InChI is InChI=1S/C16H17N3O2S/c1-3-12-9-18-10-13-5-4-6-15(16(12)13)22(20,21)19-8-7-14(11-19)17-2/h1,4-6,9-10,14,17H,7-8,11H2,2H3. The van der Waals surface area contributed by atoms with Crippen LogP contribution in [0.5, 0.6) is 0 Å². The van der Waals surface area contributed by atoms with Crippen molar-refractivity contribution in [3.8, 4) is 12.3 Å². The lowest BCUT2D eigenvalue weighted by atomic mass is 10.1. The van der Waals surface area contributed by atoms with Crippen molar-refractivity contribution in [2.24, 2.45) is 0 Å². The molecule has 0 amide bonds. The first-order valence-electron chi connectivity index (χ1n) is 7.08. The fraction of sp³-hybridized carbons (Fsp3) is 0.312. The maximum atomic E-state index is 13.0. The molecule has 0 aliphatic carbocycles. The van der Waals surface area contributed by atoms with Crippen LogP contribution in [0, 0.1) is 12.3 Å². The van der Waals surface area contributed by atoms with Crippen LogP contribution in [0.3, 0.4) is 0 Å². The van der Waals surface area contributed by atoms with Crippen molar-refractivity contribution in [1.82, 2.24) is 14.6 Å². The maximum absolute atomic E-state index is 13.0. The van der Waals surface area contributed by atoms with Crippen molar-refractivity contribution >= 4 is 20.8 Å². The normalized spacial score (nSPS) is 19.4. The van der Waals surface area contributed by atoms with E-state index in [2.05, 4.69) is 16.2 Å². The molecule has 22 heavy (non-hydrogen) atoms. The first-order valence-corrected chi connectivity index (χ1v) is 8.52. The molecule has 1 aromatic heterocycles. The molecule has 6 heteroatoms. The number of benzene rings is 1. The summed E-state index contributed by atoms with van der Waals surface area (Å²) in [5.74, 6) is 2.54. The number of nitrogens with zero attached hydrogens (tertiary/aromatic N) is 2. The van der Waals surface area contributed by atoms with E-state index in [9.17, 15) is 8.42 Å². The Morgan fingerprint density at radius 3 is 2.91 bits per heavy atom. The smallest absolute Gasteiger partial charge is 0.243 e. The molecule has 2 heterocycles. The fourth-order valence-electron chi connectivity index (χ4n) is 2.85. The van der Waals surface area contributed by atoms with Crippen LogP contribution in [0.25, 0.3) is 10.8 Å². The summed E-state index contributed by atoms with van der Waals surface area (Å²) >= 11 is 0. The van der Waals surface area contributed by atoms with Crippen LogP contribution in [0.1, 0.15) is 12.0 Å². The molecule has 1 saturated heterocycles. The minimum Gasteiger partial charge on any atom is -0.316 e. The molecule has 3 rings (SSSR count). The predicted octanol–water partition coefficient (Wildman–Crippen LogP) is 1.20. The average molecular weight is 315 g/mol. The van der Waals surface area contributed by atoms with Crippen molar-refractivity contribution < 1.29 is 8.42 Å². The van der Waals surface area contributed by atoms with E-state index >= 15 is 0 Å². The van der Waals surface area contributed by atoms with Crippen LogP contribution in [0.4, 0.5) is 0 Å². The third-order valence-electron chi connectivity index (χ3n) is 4.08. The van der Waals surface area contributed by atoms with Crippen molar-refractivity contribution in [1.29, 1.82) is 0 Å². The van der Waals surface area contributed by atoms with Gasteiger partial charge in [-0.05, 0) is 19.5 Å². The van der Waals surface area contributed by atoms with Crippen molar-refractivity contribution in [3.63, 3.8) is 0 Å². The second kappa shape index (κ2) is 5.69. The van der Waals surface area contributed by atoms with Gasteiger partial charge in [0.25, 0.3) is 0 Å². The van der Waals surface area contributed by atoms with Gasteiger partial charge >= 0.3 is 0 Å². The Bertz CT molecular complexity index is 850. The summed E-state index contributed by atoms with van der Waals surface area (Å²) in [5, 5.41) is 4.44. The monoisotopic (exact) mass is 315 g/mol. The van der Waals surface area contributed by atoms with Crippen LogP contribution in [-0.2, 0) is 10.0 Å². The minimum atomic E-state index is -3.57. The SMILES string of the molecule is C#Cc1cncc2cccc(S(=O)(=O)N3CCC(NC)C3)c12. The summed E-state index contributed by atoms with van der Waals surface area (Å²) in [7, 11) is -1.72. The van der Waals surface area contributed by atoms with Crippen LogP contribution in [0.2, 0.25) is 0 Å². The van der Waals surface area contributed by atoms with E-state index in [4.69, 9.17) is 6.42 Å². The summed E-state index contributed by atoms with van der Waals surface area (Å²) in [6.45, 7) is 0.992. The average Bonchev–Trinajstić information content (AvgIpc) is 3.03. The van der Waals surface area contributed by atoms with Gasteiger partial charge < -0.3 is 5.32 Å². The van der Waals surface area contributed by atoms with Crippen LogP contribution in [-0.4, -0.2) is 43.9 Å². The quantitative estimate of drug-likeness (QED) is 0.865. The van der Waals surface area contributed by atoms with E-state index in [0.29, 0.717) is 24.0 Å². The van der Waals surface area contributed by atoms with E-state index < -0.39 is 10.0 Å². The second-order valence-electron chi connectivity index (χ2n) is 5.32. The van der Waals surface area contributed by atoms with Crippen LogP contribution in [0.15, 0.2) is 35.5 Å². The molecule has 1 atom stereocenters. The number of pyridine rings is 1. The van der Waals surface area contributed by atoms with Gasteiger partial charge in [0.05, 0.1) is 10.5 Å². The fourth-order valence-corrected chi connectivity index (χ4v) is 4.58. The third kappa shape index (κ3) is 2.37. The maximum Gasteiger partial charge on any atom is 0.243 e. The van der Waals surface area contributed by atoms with Crippen LogP contribution < -0.4 is 5.32 Å². The number of terminal acetylenes is 1. The van der Waals surface area contributed by atoms with Gasteiger partial charge in [0, 0.05) is 42.3 Å². The molecule has 1 fully saturated rings. The van der Waals surface area contributed by atoms with Gasteiger partial charge in [-0.2, -0.15) is 4.31 Å². The number of fused-ring (bicyclic) bond motifs is 1. The zero-order valence-corrected chi connectivity index (χ0v) is 13.1. The largest absolute Gasteiger partial charge is 0.316 e. The summed E-state index contributed by atoms with van der Waals surface area (Å²) < 4.78 is 27.5. The molecular weight excluding hydrogens is 298 g/mol. The highest BCUT2D eigenvalue weighted by atomic mass is 32.2. The third-order valence-corrected chi connectivity index (χ3v) is 5.99. The minimum absolute atomic E-state index is 0.193. The Labute approximate surface area is 130 Å². The Morgan fingerprint density at radius 1 is 1.41 bits per heavy atom. The second-order valence-corrected chi connectivity index (χ2v) is 7.23. The summed E-state index contributed by atoms with van der Waals surface area (Å²) in [6, 6.07) is 5.36. The van der Waals surface area contributed by atoms with E-state index in [-0.39, 0.29) is 10.9 Å². The van der Waals surface area contributed by atoms with Gasteiger partial charge in [0.15, 0.2) is 0 Å². The zero-order valence-electron chi connectivity index (χ0n) is 12.3. The number of aromatic nitrogens is 1. The lowest BCUT2D eigenvalue weighted by Crippen LogP contribution is -2.33. The first-order chi connectivity index (χ1) is 10.6. The van der Waals surface area contributed by atoms with Gasteiger partial charge in [0.1, 0.15) is 0 Å². The van der Waals surface area contributed by atoms with Gasteiger partial charge in [-0.3, -0.25) is 4.98 Å². The topological polar surface area (TPSA) is 62.3 Å². The summed E-state index contributed by atoms with van der Waals surface area (Å²) in [6.07, 6.45) is 9.49. The lowest BCUT2D eigenvalue weighted by molar-refractivity contribution is 0.465. The molecule has 0 bridgehead atoms. The molecule has 1 aliphatic rings. The zero-order chi connectivity index (χ0) is 15.7. The molecule has 1 aromatic carbocycles. The Balaban J connectivity index is 2.16. The molecule has 0 spiro atoms. The van der Waals surface area contributed by atoms with Crippen molar-refractivity contribution in [2.45, 2.75) is 17.4 Å². The Hall–Kier alpha value is -1.94. The molecule has 0 radical (unpaired) electrons. The number of rotatable bonds is 3. The molecule has 2 aromatic rings. The van der Waals surface area contributed by atoms with Gasteiger partial charge in [-0.15, -0.1) is 6.42 Å². The van der Waals surface area contributed by atoms with Crippen molar-refractivity contribution in [3.05, 3.63) is 36.2 Å². The Kier molecular flexibility index (Phi) is 3.87. The molecule has 0 saturated carbocycles. The number of likely N-dealkylation sites (N-methyl/N-ethyl adjacent to an activating group) is 1. The Morgan fingerprint density at radius 2 is 2.23 bits per heavy atom. The van der Waals surface area contributed by atoms with Crippen LogP contribution >= 0.6 is 0 Å². The molecule has 5 nitrogen and oxygen atoms in total. The number of nitrogens with one attached hydrogen (secondary N) is 1. The molecule has 1 aliphatic heterocycles. The highest BCUT2D eigenvalue weighted by molar-refractivity contribution is 7.89.